The van der Waals surface area contributed by atoms with E-state index in [0.29, 0.717) is 19.3 Å². The Morgan fingerprint density at radius 3 is 2.29 bits per heavy atom. The molecule has 0 heterocycles. The minimum absolute atomic E-state index is 0.0173. The predicted octanol–water partition coefficient (Wildman–Crippen LogP) is 0.835. The summed E-state index contributed by atoms with van der Waals surface area (Å²) in [4.78, 5) is 11.1. The summed E-state index contributed by atoms with van der Waals surface area (Å²) in [6, 6.07) is 0. The van der Waals surface area contributed by atoms with Gasteiger partial charge in [0.1, 0.15) is 0 Å². The van der Waals surface area contributed by atoms with Gasteiger partial charge in [-0.15, -0.1) is 0 Å². The first-order valence-electron chi connectivity index (χ1n) is 5.05. The van der Waals surface area contributed by atoms with Crippen LogP contribution in [0.1, 0.15) is 33.1 Å². The van der Waals surface area contributed by atoms with Crippen LogP contribution in [-0.2, 0) is 4.79 Å². The molecule has 0 bridgehead atoms. The van der Waals surface area contributed by atoms with Crippen molar-refractivity contribution >= 4 is 5.97 Å². The molecule has 0 radical (unpaired) electrons. The molecule has 14 heavy (non-hydrogen) atoms. The molecule has 0 saturated heterocycles. The van der Waals surface area contributed by atoms with Crippen LogP contribution < -0.4 is 5.73 Å². The lowest BCUT2D eigenvalue weighted by molar-refractivity contribution is -0.151. The van der Waals surface area contributed by atoms with Gasteiger partial charge in [-0.05, 0) is 25.2 Å². The number of unbranched alkanes of at least 4 members (excludes halogenated alkanes) is 1. The van der Waals surface area contributed by atoms with Crippen molar-refractivity contribution in [3.63, 3.8) is 0 Å². The first-order chi connectivity index (χ1) is 6.51. The van der Waals surface area contributed by atoms with Gasteiger partial charge < -0.3 is 15.9 Å². The second-order valence-corrected chi connectivity index (χ2v) is 4.00. The van der Waals surface area contributed by atoms with Crippen LogP contribution >= 0.6 is 0 Å². The normalized spacial score (nSPS) is 15.5. The molecular weight excluding hydrogens is 182 g/mol. The number of hydrogen-bond acceptors (Lipinski definition) is 3. The number of nitrogens with two attached hydrogens (primary N) is 1. The highest BCUT2D eigenvalue weighted by molar-refractivity contribution is 5.75. The quantitative estimate of drug-likeness (QED) is 0.535. The molecule has 4 nitrogen and oxygen atoms in total. The van der Waals surface area contributed by atoms with Crippen LogP contribution in [0.3, 0.4) is 0 Å². The maximum absolute atomic E-state index is 11.1. The zero-order valence-corrected chi connectivity index (χ0v) is 8.99. The largest absolute Gasteiger partial charge is 0.481 e. The average Bonchev–Trinajstić information content (AvgIpc) is 2.11. The lowest BCUT2D eigenvalue weighted by atomic mass is 9.73. The van der Waals surface area contributed by atoms with E-state index >= 15 is 0 Å². The second-order valence-electron chi connectivity index (χ2n) is 4.00. The smallest absolute Gasteiger partial charge is 0.311 e. The molecule has 1 unspecified atom stereocenters. The molecule has 0 spiro atoms. The Labute approximate surface area is 85.1 Å². The maximum atomic E-state index is 11.1. The monoisotopic (exact) mass is 203 g/mol. The average molecular weight is 203 g/mol. The molecule has 0 rings (SSSR count). The third-order valence-corrected chi connectivity index (χ3v) is 2.93. The summed E-state index contributed by atoms with van der Waals surface area (Å²) in [6.07, 6.45) is 1.89. The molecule has 0 aliphatic heterocycles. The van der Waals surface area contributed by atoms with Gasteiger partial charge >= 0.3 is 5.97 Å². The van der Waals surface area contributed by atoms with Gasteiger partial charge in [0.2, 0.25) is 0 Å². The molecule has 0 aliphatic carbocycles. The summed E-state index contributed by atoms with van der Waals surface area (Å²) >= 11 is 0. The zero-order valence-electron chi connectivity index (χ0n) is 8.99. The summed E-state index contributed by atoms with van der Waals surface area (Å²) in [5, 5.41) is 17.8. The first-order valence-corrected chi connectivity index (χ1v) is 5.05. The summed E-state index contributed by atoms with van der Waals surface area (Å²) in [5.74, 6) is -0.809. The van der Waals surface area contributed by atoms with E-state index in [4.69, 9.17) is 15.9 Å². The number of hydrogen-bond donors (Lipinski definition) is 3. The lowest BCUT2D eigenvalue weighted by Crippen LogP contribution is -2.43. The summed E-state index contributed by atoms with van der Waals surface area (Å²) < 4.78 is 0. The molecule has 0 saturated carbocycles. The van der Waals surface area contributed by atoms with Gasteiger partial charge in [-0.3, -0.25) is 4.79 Å². The van der Waals surface area contributed by atoms with Gasteiger partial charge in [0.25, 0.3) is 0 Å². The van der Waals surface area contributed by atoms with E-state index in [0.717, 1.165) is 0 Å². The number of rotatable bonds is 7. The SMILES string of the molecule is CC(C)C(CN)(CCCCO)C(=O)O. The molecule has 0 amide bonds. The molecule has 0 aromatic carbocycles. The van der Waals surface area contributed by atoms with Crippen LogP contribution in [0, 0.1) is 11.3 Å². The summed E-state index contributed by atoms with van der Waals surface area (Å²) in [6.45, 7) is 4.02. The molecule has 0 aliphatic rings. The standard InChI is InChI=1S/C10H21NO3/c1-8(2)10(7-11,9(13)14)5-3-4-6-12/h8,12H,3-7,11H2,1-2H3,(H,13,14). The number of carboxylic acids is 1. The highest BCUT2D eigenvalue weighted by Crippen LogP contribution is 2.32. The molecule has 84 valence electrons. The Bertz CT molecular complexity index is 182. The molecular formula is C10H21NO3. The zero-order chi connectivity index (χ0) is 11.2. The Morgan fingerprint density at radius 2 is 2.00 bits per heavy atom. The van der Waals surface area contributed by atoms with Crippen LogP contribution in [0.2, 0.25) is 0 Å². The Hall–Kier alpha value is -0.610. The van der Waals surface area contributed by atoms with Crippen molar-refractivity contribution in [3.8, 4) is 0 Å². The van der Waals surface area contributed by atoms with Crippen molar-refractivity contribution in [2.45, 2.75) is 33.1 Å². The van der Waals surface area contributed by atoms with Crippen LogP contribution in [0.15, 0.2) is 0 Å². The third kappa shape index (κ3) is 2.96. The van der Waals surface area contributed by atoms with Crippen molar-refractivity contribution in [1.29, 1.82) is 0 Å². The fraction of sp³-hybridized carbons (Fsp3) is 0.900. The number of aliphatic carboxylic acids is 1. The van der Waals surface area contributed by atoms with Gasteiger partial charge in [0.15, 0.2) is 0 Å². The third-order valence-electron chi connectivity index (χ3n) is 2.93. The van der Waals surface area contributed by atoms with Gasteiger partial charge in [-0.2, -0.15) is 0 Å². The molecule has 0 fully saturated rings. The fourth-order valence-corrected chi connectivity index (χ4v) is 1.62. The van der Waals surface area contributed by atoms with Gasteiger partial charge in [-0.25, -0.2) is 0 Å². The highest BCUT2D eigenvalue weighted by atomic mass is 16.4. The van der Waals surface area contributed by atoms with Crippen LogP contribution in [0.4, 0.5) is 0 Å². The van der Waals surface area contributed by atoms with E-state index in [1.165, 1.54) is 0 Å². The number of carbonyl (C=O) groups is 1. The van der Waals surface area contributed by atoms with E-state index in [9.17, 15) is 4.79 Å². The molecule has 0 aromatic heterocycles. The molecule has 4 heteroatoms. The Morgan fingerprint density at radius 1 is 1.43 bits per heavy atom. The molecule has 1 atom stereocenters. The summed E-state index contributed by atoms with van der Waals surface area (Å²) in [5.41, 5.74) is 4.72. The minimum atomic E-state index is -0.826. The van der Waals surface area contributed by atoms with E-state index < -0.39 is 11.4 Å². The Balaban J connectivity index is 4.43. The molecule has 4 N–H and O–H groups in total. The Kier molecular flexibility index (Phi) is 5.72. The van der Waals surface area contributed by atoms with E-state index in [2.05, 4.69) is 0 Å². The van der Waals surface area contributed by atoms with Gasteiger partial charge in [0, 0.05) is 13.2 Å². The summed E-state index contributed by atoms with van der Waals surface area (Å²) in [7, 11) is 0. The van der Waals surface area contributed by atoms with E-state index in [1.54, 1.807) is 0 Å². The maximum Gasteiger partial charge on any atom is 0.311 e. The van der Waals surface area contributed by atoms with Gasteiger partial charge in [0.05, 0.1) is 5.41 Å². The van der Waals surface area contributed by atoms with Crippen LogP contribution in [0.25, 0.3) is 0 Å². The second kappa shape index (κ2) is 5.98. The van der Waals surface area contributed by atoms with E-state index in [1.807, 2.05) is 13.8 Å². The lowest BCUT2D eigenvalue weighted by Gasteiger charge is -2.31. The van der Waals surface area contributed by atoms with Crippen molar-refractivity contribution in [1.82, 2.24) is 0 Å². The molecule has 0 aromatic rings. The van der Waals surface area contributed by atoms with Crippen LogP contribution in [0.5, 0.6) is 0 Å². The highest BCUT2D eigenvalue weighted by Gasteiger charge is 2.39. The van der Waals surface area contributed by atoms with Crippen molar-refractivity contribution in [2.24, 2.45) is 17.1 Å². The van der Waals surface area contributed by atoms with Crippen molar-refractivity contribution in [2.75, 3.05) is 13.2 Å². The van der Waals surface area contributed by atoms with E-state index in [-0.39, 0.29) is 19.1 Å². The van der Waals surface area contributed by atoms with Crippen molar-refractivity contribution in [3.05, 3.63) is 0 Å². The fourth-order valence-electron chi connectivity index (χ4n) is 1.62. The van der Waals surface area contributed by atoms with Crippen molar-refractivity contribution < 1.29 is 15.0 Å². The first kappa shape index (κ1) is 13.4. The number of aliphatic hydroxyl groups excluding tert-OH is 1. The number of carboxylic acid groups (broad SMARTS) is 1. The van der Waals surface area contributed by atoms with Gasteiger partial charge in [-0.1, -0.05) is 13.8 Å². The van der Waals surface area contributed by atoms with Crippen LogP contribution in [-0.4, -0.2) is 29.3 Å². The predicted molar refractivity (Wildman–Crippen MR) is 54.9 cm³/mol. The minimum Gasteiger partial charge on any atom is -0.481 e. The topological polar surface area (TPSA) is 83.5 Å². The number of aliphatic hydroxyl groups is 1.